The molecule has 2 saturated heterocycles. The highest BCUT2D eigenvalue weighted by Gasteiger charge is 2.32. The molecule has 8 nitrogen and oxygen atoms in total. The number of carbonyl (C=O) groups is 1. The summed E-state index contributed by atoms with van der Waals surface area (Å²) < 4.78 is 5.38. The summed E-state index contributed by atoms with van der Waals surface area (Å²) in [4.78, 5) is 35.5. The second-order valence-corrected chi connectivity index (χ2v) is 6.98. The maximum Gasteiger partial charge on any atom is 0.263 e. The van der Waals surface area contributed by atoms with Gasteiger partial charge in [-0.15, -0.1) is 0 Å². The number of carbonyl (C=O) groups excluding carboxylic acids is 1. The smallest absolute Gasteiger partial charge is 0.263 e. The van der Waals surface area contributed by atoms with E-state index in [9.17, 15) is 14.7 Å². The summed E-state index contributed by atoms with van der Waals surface area (Å²) in [5.74, 6) is 0.504. The number of aliphatic hydroxyl groups is 1. The van der Waals surface area contributed by atoms with Crippen LogP contribution < -0.4 is 5.56 Å². The topological polar surface area (TPSA) is 98.8 Å². The van der Waals surface area contributed by atoms with Crippen LogP contribution in [0.4, 0.5) is 0 Å². The Bertz CT molecular complexity index is 656. The summed E-state index contributed by atoms with van der Waals surface area (Å²) in [5, 5.41) is 9.62. The summed E-state index contributed by atoms with van der Waals surface area (Å²) in [7, 11) is 0. The summed E-state index contributed by atoms with van der Waals surface area (Å²) in [5.41, 5.74) is -0.345. The molecule has 2 aliphatic heterocycles. The zero-order valence-electron chi connectivity index (χ0n) is 14.6. The summed E-state index contributed by atoms with van der Waals surface area (Å²) in [6, 6.07) is 0. The molecule has 1 amide bonds. The molecule has 0 aliphatic carbocycles. The number of hydrogen-bond acceptors (Lipinski definition) is 6. The van der Waals surface area contributed by atoms with Crippen molar-refractivity contribution in [1.82, 2.24) is 19.8 Å². The molecule has 138 valence electrons. The summed E-state index contributed by atoms with van der Waals surface area (Å²) >= 11 is 0. The van der Waals surface area contributed by atoms with Crippen LogP contribution in [0.2, 0.25) is 0 Å². The Kier molecular flexibility index (Phi) is 5.82. The Labute approximate surface area is 146 Å². The van der Waals surface area contributed by atoms with Crippen LogP contribution >= 0.6 is 0 Å². The normalized spacial score (nSPS) is 25.1. The van der Waals surface area contributed by atoms with Crippen molar-refractivity contribution < 1.29 is 14.6 Å². The van der Waals surface area contributed by atoms with E-state index in [1.165, 1.54) is 6.20 Å². The fourth-order valence-electron chi connectivity index (χ4n) is 3.70. The number of aryl methyl sites for hydroxylation is 1. The third-order valence-electron chi connectivity index (χ3n) is 4.95. The average molecular weight is 350 g/mol. The van der Waals surface area contributed by atoms with E-state index < -0.39 is 5.56 Å². The fraction of sp³-hybridized carbons (Fsp3) is 0.706. The number of rotatable bonds is 4. The molecule has 0 unspecified atom stereocenters. The van der Waals surface area contributed by atoms with Crippen molar-refractivity contribution in [3.8, 4) is 0 Å². The van der Waals surface area contributed by atoms with E-state index in [1.54, 1.807) is 11.8 Å². The van der Waals surface area contributed by atoms with E-state index in [2.05, 4.69) is 14.9 Å². The Hall–Kier alpha value is -1.77. The number of aromatic nitrogens is 2. The van der Waals surface area contributed by atoms with Gasteiger partial charge in [0.25, 0.3) is 11.5 Å². The van der Waals surface area contributed by atoms with Crippen molar-refractivity contribution in [2.45, 2.75) is 13.3 Å². The second kappa shape index (κ2) is 8.07. The lowest BCUT2D eigenvalue weighted by molar-refractivity contribution is 0.0129. The van der Waals surface area contributed by atoms with Crippen molar-refractivity contribution in [2.24, 2.45) is 11.8 Å². The zero-order valence-corrected chi connectivity index (χ0v) is 14.6. The van der Waals surface area contributed by atoms with Gasteiger partial charge in [-0.1, -0.05) is 0 Å². The third-order valence-corrected chi connectivity index (χ3v) is 4.95. The minimum Gasteiger partial charge on any atom is -0.396 e. The molecule has 0 saturated carbocycles. The van der Waals surface area contributed by atoms with Gasteiger partial charge in [0.05, 0.1) is 13.2 Å². The lowest BCUT2D eigenvalue weighted by Crippen LogP contribution is -2.50. The quantitative estimate of drug-likeness (QED) is 0.758. The molecule has 0 spiro atoms. The second-order valence-electron chi connectivity index (χ2n) is 6.98. The number of nitrogens with zero attached hydrogens (tertiary/aromatic N) is 3. The van der Waals surface area contributed by atoms with Crippen molar-refractivity contribution in [3.05, 3.63) is 27.9 Å². The molecule has 3 heterocycles. The first kappa shape index (κ1) is 18.0. The van der Waals surface area contributed by atoms with Crippen LogP contribution in [0, 0.1) is 18.8 Å². The highest BCUT2D eigenvalue weighted by Crippen LogP contribution is 2.24. The zero-order chi connectivity index (χ0) is 17.8. The standard InChI is InChI=1S/C17H26N4O4/c1-12-18-7-15(16(23)19-12)17(24)21-9-13(6-14(10-21)11-22)8-20-2-4-25-5-3-20/h7,13-14,22H,2-6,8-11H2,1H3,(H,18,19,23)/t13-,14-/m1/s1. The number of aliphatic hydroxyl groups excluding tert-OH is 1. The lowest BCUT2D eigenvalue weighted by atomic mass is 9.88. The van der Waals surface area contributed by atoms with Crippen molar-refractivity contribution in [3.63, 3.8) is 0 Å². The van der Waals surface area contributed by atoms with Gasteiger partial charge in [-0.05, 0) is 25.2 Å². The first-order valence-electron chi connectivity index (χ1n) is 8.83. The maximum absolute atomic E-state index is 12.8. The van der Waals surface area contributed by atoms with Crippen LogP contribution in [0.15, 0.2) is 11.0 Å². The summed E-state index contributed by atoms with van der Waals surface area (Å²) in [6.45, 7) is 6.95. The Morgan fingerprint density at radius 2 is 2.08 bits per heavy atom. The minimum absolute atomic E-state index is 0.0428. The van der Waals surface area contributed by atoms with Gasteiger partial charge in [0, 0.05) is 45.5 Å². The number of H-pyrrole nitrogens is 1. The number of likely N-dealkylation sites (tertiary alicyclic amines) is 1. The van der Waals surface area contributed by atoms with Gasteiger partial charge in [0.2, 0.25) is 0 Å². The van der Waals surface area contributed by atoms with Gasteiger partial charge in [0.1, 0.15) is 11.4 Å². The maximum atomic E-state index is 12.8. The van der Waals surface area contributed by atoms with Gasteiger partial charge in [-0.25, -0.2) is 4.98 Å². The van der Waals surface area contributed by atoms with Gasteiger partial charge in [-0.3, -0.25) is 14.5 Å². The molecular formula is C17H26N4O4. The first-order chi connectivity index (χ1) is 12.1. The highest BCUT2D eigenvalue weighted by atomic mass is 16.5. The van der Waals surface area contributed by atoms with E-state index in [0.29, 0.717) is 18.9 Å². The molecule has 2 N–H and O–H groups in total. The molecule has 1 aromatic heterocycles. The Balaban J connectivity index is 1.70. The Morgan fingerprint density at radius 3 is 2.76 bits per heavy atom. The van der Waals surface area contributed by atoms with E-state index in [4.69, 9.17) is 4.74 Å². The van der Waals surface area contributed by atoms with Crippen molar-refractivity contribution >= 4 is 5.91 Å². The molecule has 2 aliphatic rings. The van der Waals surface area contributed by atoms with E-state index >= 15 is 0 Å². The van der Waals surface area contributed by atoms with E-state index in [1.807, 2.05) is 0 Å². The predicted octanol–water partition coefficient (Wildman–Crippen LogP) is -0.519. The average Bonchev–Trinajstić information content (AvgIpc) is 2.62. The predicted molar refractivity (Wildman–Crippen MR) is 91.4 cm³/mol. The minimum atomic E-state index is -0.409. The van der Waals surface area contributed by atoms with Crippen LogP contribution in [0.3, 0.4) is 0 Å². The lowest BCUT2D eigenvalue weighted by Gasteiger charge is -2.39. The number of aromatic amines is 1. The molecule has 0 radical (unpaired) electrons. The van der Waals surface area contributed by atoms with Gasteiger partial charge >= 0.3 is 0 Å². The number of ether oxygens (including phenoxy) is 1. The first-order valence-corrected chi connectivity index (χ1v) is 8.83. The number of nitrogens with one attached hydrogen (secondary N) is 1. The van der Waals surface area contributed by atoms with Gasteiger partial charge in [0.15, 0.2) is 0 Å². The van der Waals surface area contributed by atoms with Crippen LogP contribution in [-0.2, 0) is 4.74 Å². The number of morpholine rings is 1. The number of piperidine rings is 1. The molecular weight excluding hydrogens is 324 g/mol. The monoisotopic (exact) mass is 350 g/mol. The van der Waals surface area contributed by atoms with E-state index in [0.717, 1.165) is 39.3 Å². The van der Waals surface area contributed by atoms with Gasteiger partial charge < -0.3 is 19.7 Å². The van der Waals surface area contributed by atoms with Crippen molar-refractivity contribution in [1.29, 1.82) is 0 Å². The molecule has 1 aromatic rings. The highest BCUT2D eigenvalue weighted by molar-refractivity contribution is 5.93. The number of amides is 1. The van der Waals surface area contributed by atoms with Crippen LogP contribution in [0.25, 0.3) is 0 Å². The molecule has 2 fully saturated rings. The fourth-order valence-corrected chi connectivity index (χ4v) is 3.70. The molecule has 0 bridgehead atoms. The van der Waals surface area contributed by atoms with Crippen LogP contribution in [0.5, 0.6) is 0 Å². The largest absolute Gasteiger partial charge is 0.396 e. The number of hydrogen-bond donors (Lipinski definition) is 2. The molecule has 8 heteroatoms. The van der Waals surface area contributed by atoms with Crippen molar-refractivity contribution in [2.75, 3.05) is 52.5 Å². The SMILES string of the molecule is Cc1ncc(C(=O)N2C[C@H](CO)C[C@H](CN3CCOCC3)C2)c(=O)[nH]1. The Morgan fingerprint density at radius 1 is 1.36 bits per heavy atom. The van der Waals surface area contributed by atoms with E-state index in [-0.39, 0.29) is 29.9 Å². The van der Waals surface area contributed by atoms with Gasteiger partial charge in [-0.2, -0.15) is 0 Å². The molecule has 0 aromatic carbocycles. The molecule has 25 heavy (non-hydrogen) atoms. The van der Waals surface area contributed by atoms with Crippen LogP contribution in [0.1, 0.15) is 22.6 Å². The molecule has 3 rings (SSSR count). The van der Waals surface area contributed by atoms with Crippen LogP contribution in [-0.4, -0.2) is 83.3 Å². The summed E-state index contributed by atoms with van der Waals surface area (Å²) in [6.07, 6.45) is 2.23. The molecule has 2 atom stereocenters. The third kappa shape index (κ3) is 4.45.